The van der Waals surface area contributed by atoms with Crippen LogP contribution in [0.5, 0.6) is 0 Å². The lowest BCUT2D eigenvalue weighted by Crippen LogP contribution is -2.44. The van der Waals surface area contributed by atoms with Crippen LogP contribution in [0.4, 0.5) is 0 Å². The molecule has 0 unspecified atom stereocenters. The molecule has 0 aromatic rings. The standard InChI is InChI=1S/C12H23N3O2S/c1-2-18-10-4-6-14-11(16)12(17)15-8-3-5-13-7-9-15/h13H,2-10H2,1H3,(H,14,16). The van der Waals surface area contributed by atoms with E-state index in [9.17, 15) is 9.59 Å². The molecular formula is C12H23N3O2S. The molecule has 1 aliphatic heterocycles. The van der Waals surface area contributed by atoms with E-state index in [0.717, 1.165) is 37.4 Å². The molecule has 2 amide bonds. The molecule has 1 heterocycles. The lowest BCUT2D eigenvalue weighted by Gasteiger charge is -2.19. The Kier molecular flexibility index (Phi) is 7.84. The Morgan fingerprint density at radius 2 is 2.17 bits per heavy atom. The van der Waals surface area contributed by atoms with Crippen molar-refractivity contribution < 1.29 is 9.59 Å². The zero-order valence-electron chi connectivity index (χ0n) is 11.0. The van der Waals surface area contributed by atoms with Crippen molar-refractivity contribution in [2.45, 2.75) is 19.8 Å². The molecule has 0 aromatic heterocycles. The fraction of sp³-hybridized carbons (Fsp3) is 0.833. The van der Waals surface area contributed by atoms with Gasteiger partial charge in [0.25, 0.3) is 0 Å². The SMILES string of the molecule is CCSCCCNC(=O)C(=O)N1CCCNCC1. The number of nitrogens with zero attached hydrogens (tertiary/aromatic N) is 1. The van der Waals surface area contributed by atoms with Crippen molar-refractivity contribution >= 4 is 23.6 Å². The first-order chi connectivity index (χ1) is 8.75. The molecule has 1 saturated heterocycles. The van der Waals surface area contributed by atoms with Crippen LogP contribution in [-0.4, -0.2) is 60.9 Å². The average molecular weight is 273 g/mol. The molecule has 2 N–H and O–H groups in total. The smallest absolute Gasteiger partial charge is 0.311 e. The third-order valence-electron chi connectivity index (χ3n) is 2.78. The summed E-state index contributed by atoms with van der Waals surface area (Å²) in [5.74, 6) is 1.27. The molecule has 0 aromatic carbocycles. The van der Waals surface area contributed by atoms with E-state index in [1.54, 1.807) is 4.90 Å². The van der Waals surface area contributed by atoms with E-state index in [4.69, 9.17) is 0 Å². The van der Waals surface area contributed by atoms with Crippen molar-refractivity contribution in [1.29, 1.82) is 0 Å². The Morgan fingerprint density at radius 3 is 2.94 bits per heavy atom. The lowest BCUT2D eigenvalue weighted by atomic mass is 10.3. The molecule has 5 nitrogen and oxygen atoms in total. The van der Waals surface area contributed by atoms with E-state index in [2.05, 4.69) is 17.6 Å². The molecule has 0 bridgehead atoms. The highest BCUT2D eigenvalue weighted by molar-refractivity contribution is 7.99. The maximum Gasteiger partial charge on any atom is 0.311 e. The van der Waals surface area contributed by atoms with E-state index >= 15 is 0 Å². The Bertz CT molecular complexity index is 266. The fourth-order valence-corrected chi connectivity index (χ4v) is 2.43. The van der Waals surface area contributed by atoms with E-state index < -0.39 is 5.91 Å². The molecule has 0 spiro atoms. The summed E-state index contributed by atoms with van der Waals surface area (Å²) in [4.78, 5) is 25.1. The topological polar surface area (TPSA) is 61.4 Å². The molecule has 0 radical (unpaired) electrons. The second-order valence-corrected chi connectivity index (χ2v) is 5.60. The first kappa shape index (κ1) is 15.3. The van der Waals surface area contributed by atoms with Gasteiger partial charge < -0.3 is 15.5 Å². The molecule has 0 atom stereocenters. The molecule has 0 aliphatic carbocycles. The Hall–Kier alpha value is -0.750. The molecular weight excluding hydrogens is 250 g/mol. The maximum atomic E-state index is 11.9. The highest BCUT2D eigenvalue weighted by Crippen LogP contribution is 2.00. The third kappa shape index (κ3) is 5.73. The summed E-state index contributed by atoms with van der Waals surface area (Å²) in [5.41, 5.74) is 0. The minimum atomic E-state index is -0.460. The van der Waals surface area contributed by atoms with Crippen LogP contribution >= 0.6 is 11.8 Å². The van der Waals surface area contributed by atoms with Gasteiger partial charge in [-0.2, -0.15) is 11.8 Å². The van der Waals surface area contributed by atoms with Gasteiger partial charge in [0.05, 0.1) is 0 Å². The van der Waals surface area contributed by atoms with E-state index in [1.165, 1.54) is 0 Å². The largest absolute Gasteiger partial charge is 0.348 e. The van der Waals surface area contributed by atoms with Gasteiger partial charge in [-0.1, -0.05) is 6.92 Å². The van der Waals surface area contributed by atoms with E-state index in [1.807, 2.05) is 11.8 Å². The van der Waals surface area contributed by atoms with Gasteiger partial charge >= 0.3 is 11.8 Å². The van der Waals surface area contributed by atoms with Gasteiger partial charge in [-0.25, -0.2) is 0 Å². The van der Waals surface area contributed by atoms with Crippen molar-refractivity contribution in [1.82, 2.24) is 15.5 Å². The molecule has 0 saturated carbocycles. The lowest BCUT2D eigenvalue weighted by molar-refractivity contribution is -0.145. The summed E-state index contributed by atoms with van der Waals surface area (Å²) in [6.45, 7) is 5.68. The number of thioether (sulfide) groups is 1. The number of carbonyl (C=O) groups excluding carboxylic acids is 2. The fourth-order valence-electron chi connectivity index (χ4n) is 1.79. The first-order valence-corrected chi connectivity index (χ1v) is 7.76. The van der Waals surface area contributed by atoms with Gasteiger partial charge in [-0.15, -0.1) is 0 Å². The second-order valence-electron chi connectivity index (χ2n) is 4.20. The summed E-state index contributed by atoms with van der Waals surface area (Å²) < 4.78 is 0. The van der Waals surface area contributed by atoms with Crippen LogP contribution in [0.3, 0.4) is 0 Å². The molecule has 1 rings (SSSR count). The van der Waals surface area contributed by atoms with Crippen molar-refractivity contribution in [2.24, 2.45) is 0 Å². The first-order valence-electron chi connectivity index (χ1n) is 6.61. The highest BCUT2D eigenvalue weighted by Gasteiger charge is 2.21. The number of carbonyl (C=O) groups is 2. The Morgan fingerprint density at radius 1 is 1.33 bits per heavy atom. The van der Waals surface area contributed by atoms with Gasteiger partial charge in [0.2, 0.25) is 0 Å². The van der Waals surface area contributed by atoms with Crippen molar-refractivity contribution in [2.75, 3.05) is 44.2 Å². The van der Waals surface area contributed by atoms with E-state index in [-0.39, 0.29) is 5.91 Å². The number of rotatable bonds is 5. The Labute approximate surface area is 113 Å². The summed E-state index contributed by atoms with van der Waals surface area (Å²) in [6.07, 6.45) is 1.82. The van der Waals surface area contributed by atoms with Gasteiger partial charge in [-0.3, -0.25) is 9.59 Å². The molecule has 6 heteroatoms. The van der Waals surface area contributed by atoms with Gasteiger partial charge in [0, 0.05) is 26.2 Å². The number of hydrogen-bond acceptors (Lipinski definition) is 4. The van der Waals surface area contributed by atoms with Crippen molar-refractivity contribution in [3.05, 3.63) is 0 Å². The van der Waals surface area contributed by atoms with Crippen LogP contribution in [0.15, 0.2) is 0 Å². The number of hydrogen-bond donors (Lipinski definition) is 2. The predicted octanol–water partition coefficient (Wildman–Crippen LogP) is 0.0677. The van der Waals surface area contributed by atoms with Crippen molar-refractivity contribution in [3.8, 4) is 0 Å². The van der Waals surface area contributed by atoms with Crippen LogP contribution < -0.4 is 10.6 Å². The van der Waals surface area contributed by atoms with Crippen LogP contribution in [-0.2, 0) is 9.59 Å². The molecule has 18 heavy (non-hydrogen) atoms. The molecule has 104 valence electrons. The molecule has 1 aliphatic rings. The summed E-state index contributed by atoms with van der Waals surface area (Å²) in [7, 11) is 0. The predicted molar refractivity (Wildman–Crippen MR) is 74.7 cm³/mol. The van der Waals surface area contributed by atoms with E-state index in [0.29, 0.717) is 19.6 Å². The Balaban J connectivity index is 2.20. The summed E-state index contributed by atoms with van der Waals surface area (Å²) in [5, 5.41) is 5.90. The minimum absolute atomic E-state index is 0.387. The summed E-state index contributed by atoms with van der Waals surface area (Å²) >= 11 is 1.84. The average Bonchev–Trinajstić information content (AvgIpc) is 2.66. The van der Waals surface area contributed by atoms with Crippen LogP contribution in [0.1, 0.15) is 19.8 Å². The second kappa shape index (κ2) is 9.22. The zero-order valence-corrected chi connectivity index (χ0v) is 11.9. The quantitative estimate of drug-likeness (QED) is 0.550. The van der Waals surface area contributed by atoms with Gasteiger partial charge in [0.1, 0.15) is 0 Å². The van der Waals surface area contributed by atoms with Crippen LogP contribution in [0.25, 0.3) is 0 Å². The number of nitrogens with one attached hydrogen (secondary N) is 2. The molecule has 1 fully saturated rings. The monoisotopic (exact) mass is 273 g/mol. The highest BCUT2D eigenvalue weighted by atomic mass is 32.2. The third-order valence-corrected chi connectivity index (χ3v) is 3.76. The van der Waals surface area contributed by atoms with Gasteiger partial charge in [-0.05, 0) is 30.9 Å². The normalized spacial score (nSPS) is 16.2. The maximum absolute atomic E-state index is 11.9. The van der Waals surface area contributed by atoms with Crippen LogP contribution in [0, 0.1) is 0 Å². The summed E-state index contributed by atoms with van der Waals surface area (Å²) in [6, 6.07) is 0. The zero-order chi connectivity index (χ0) is 13.2. The number of amides is 2. The van der Waals surface area contributed by atoms with Crippen molar-refractivity contribution in [3.63, 3.8) is 0 Å². The minimum Gasteiger partial charge on any atom is -0.348 e. The van der Waals surface area contributed by atoms with Crippen LogP contribution in [0.2, 0.25) is 0 Å². The van der Waals surface area contributed by atoms with Gasteiger partial charge in [0.15, 0.2) is 0 Å².